The predicted octanol–water partition coefficient (Wildman–Crippen LogP) is 4.81. The number of hydrogen-bond acceptors (Lipinski definition) is 2. The summed E-state index contributed by atoms with van der Waals surface area (Å²) in [6.07, 6.45) is -0.717. The Morgan fingerprint density at radius 1 is 0.926 bits per heavy atom. The van der Waals surface area contributed by atoms with E-state index in [-0.39, 0.29) is 17.8 Å². The third-order valence-corrected chi connectivity index (χ3v) is 4.41. The molecule has 0 saturated carbocycles. The highest BCUT2D eigenvalue weighted by Crippen LogP contribution is 2.25. The third-order valence-electron chi connectivity index (χ3n) is 4.41. The van der Waals surface area contributed by atoms with Crippen LogP contribution < -0.4 is 10.1 Å². The van der Waals surface area contributed by atoms with Gasteiger partial charge in [0.15, 0.2) is 6.10 Å². The van der Waals surface area contributed by atoms with Crippen LogP contribution in [-0.4, -0.2) is 12.0 Å². The van der Waals surface area contributed by atoms with Crippen molar-refractivity contribution in [3.63, 3.8) is 0 Å². The van der Waals surface area contributed by atoms with E-state index >= 15 is 0 Å². The standard InChI is InChI=1S/C23H22FNO2/c1-16-8-6-7-11-21(16)22(18-9-4-3-5-10-18)25-23(26)17(2)27-20-14-12-19(24)13-15-20/h3-15,17,22H,1-2H3,(H,25,26)/t17-,22-/m0/s1. The molecule has 3 nitrogen and oxygen atoms in total. The molecule has 3 rings (SSSR count). The number of halogens is 1. The number of benzene rings is 3. The normalized spacial score (nSPS) is 12.9. The Morgan fingerprint density at radius 2 is 1.56 bits per heavy atom. The van der Waals surface area contributed by atoms with Crippen molar-refractivity contribution in [3.8, 4) is 5.75 Å². The van der Waals surface area contributed by atoms with Gasteiger partial charge in [0.25, 0.3) is 5.91 Å². The highest BCUT2D eigenvalue weighted by molar-refractivity contribution is 5.81. The first-order chi connectivity index (χ1) is 13.0. The Bertz CT molecular complexity index is 894. The van der Waals surface area contributed by atoms with Gasteiger partial charge in [-0.05, 0) is 54.8 Å². The second kappa shape index (κ2) is 8.49. The highest BCUT2D eigenvalue weighted by atomic mass is 19.1. The number of aryl methyl sites for hydroxylation is 1. The fourth-order valence-corrected chi connectivity index (χ4v) is 2.93. The lowest BCUT2D eigenvalue weighted by Crippen LogP contribution is -2.39. The van der Waals surface area contributed by atoms with Crippen molar-refractivity contribution in [1.82, 2.24) is 5.32 Å². The van der Waals surface area contributed by atoms with Gasteiger partial charge in [0, 0.05) is 0 Å². The van der Waals surface area contributed by atoms with E-state index in [9.17, 15) is 9.18 Å². The monoisotopic (exact) mass is 363 g/mol. The second-order valence-corrected chi connectivity index (χ2v) is 6.42. The summed E-state index contributed by atoms with van der Waals surface area (Å²) in [6, 6.07) is 23.1. The van der Waals surface area contributed by atoms with Gasteiger partial charge in [-0.2, -0.15) is 0 Å². The van der Waals surface area contributed by atoms with Crippen LogP contribution in [0, 0.1) is 12.7 Å². The van der Waals surface area contributed by atoms with Crippen LogP contribution in [0.4, 0.5) is 4.39 Å². The topological polar surface area (TPSA) is 38.3 Å². The van der Waals surface area contributed by atoms with E-state index in [0.717, 1.165) is 16.7 Å². The second-order valence-electron chi connectivity index (χ2n) is 6.42. The Balaban J connectivity index is 1.80. The summed E-state index contributed by atoms with van der Waals surface area (Å²) in [5.74, 6) is -0.134. The summed E-state index contributed by atoms with van der Waals surface area (Å²) in [4.78, 5) is 12.8. The van der Waals surface area contributed by atoms with Crippen LogP contribution in [-0.2, 0) is 4.79 Å². The van der Waals surface area contributed by atoms with E-state index in [0.29, 0.717) is 5.75 Å². The van der Waals surface area contributed by atoms with Crippen LogP contribution in [0.15, 0.2) is 78.9 Å². The molecule has 1 amide bonds. The minimum absolute atomic E-state index is 0.239. The van der Waals surface area contributed by atoms with Crippen molar-refractivity contribution in [1.29, 1.82) is 0 Å². The van der Waals surface area contributed by atoms with E-state index in [1.54, 1.807) is 6.92 Å². The van der Waals surface area contributed by atoms with Crippen molar-refractivity contribution < 1.29 is 13.9 Å². The quantitative estimate of drug-likeness (QED) is 0.683. The average Bonchev–Trinajstić information content (AvgIpc) is 2.69. The Labute approximate surface area is 158 Å². The maximum atomic E-state index is 13.0. The summed E-state index contributed by atoms with van der Waals surface area (Å²) in [5, 5.41) is 3.08. The van der Waals surface area contributed by atoms with Crippen molar-refractivity contribution in [2.24, 2.45) is 0 Å². The molecule has 0 aromatic heterocycles. The van der Waals surface area contributed by atoms with E-state index in [1.165, 1.54) is 24.3 Å². The molecule has 0 radical (unpaired) electrons. The summed E-state index contributed by atoms with van der Waals surface area (Å²) in [5.41, 5.74) is 3.12. The van der Waals surface area contributed by atoms with Crippen molar-refractivity contribution in [2.75, 3.05) is 0 Å². The minimum Gasteiger partial charge on any atom is -0.481 e. The fraction of sp³-hybridized carbons (Fsp3) is 0.174. The molecule has 3 aromatic rings. The number of ether oxygens (including phenoxy) is 1. The molecule has 0 aliphatic rings. The van der Waals surface area contributed by atoms with Gasteiger partial charge in [0.2, 0.25) is 0 Å². The van der Waals surface area contributed by atoms with Crippen LogP contribution in [0.2, 0.25) is 0 Å². The van der Waals surface area contributed by atoms with Crippen LogP contribution in [0.25, 0.3) is 0 Å². The number of amides is 1. The summed E-state index contributed by atoms with van der Waals surface area (Å²) in [7, 11) is 0. The van der Waals surface area contributed by atoms with Crippen molar-refractivity contribution >= 4 is 5.91 Å². The predicted molar refractivity (Wildman–Crippen MR) is 104 cm³/mol. The lowest BCUT2D eigenvalue weighted by atomic mass is 9.95. The molecule has 3 aromatic carbocycles. The SMILES string of the molecule is Cc1ccccc1[C@@H](NC(=O)[C@H](C)Oc1ccc(F)cc1)c1ccccc1. The van der Waals surface area contributed by atoms with E-state index < -0.39 is 6.10 Å². The molecule has 0 spiro atoms. The molecule has 0 bridgehead atoms. The van der Waals surface area contributed by atoms with E-state index in [4.69, 9.17) is 4.74 Å². The van der Waals surface area contributed by atoms with Gasteiger partial charge in [0.1, 0.15) is 11.6 Å². The molecule has 27 heavy (non-hydrogen) atoms. The van der Waals surface area contributed by atoms with Gasteiger partial charge < -0.3 is 10.1 Å². The summed E-state index contributed by atoms with van der Waals surface area (Å²) < 4.78 is 18.7. The smallest absolute Gasteiger partial charge is 0.261 e. The first-order valence-electron chi connectivity index (χ1n) is 8.87. The molecular weight excluding hydrogens is 341 g/mol. The largest absolute Gasteiger partial charge is 0.481 e. The molecule has 1 N–H and O–H groups in total. The number of rotatable bonds is 6. The zero-order valence-electron chi connectivity index (χ0n) is 15.4. The number of carbonyl (C=O) groups excluding carboxylic acids is 1. The number of carbonyl (C=O) groups is 1. The Kier molecular flexibility index (Phi) is 5.87. The first kappa shape index (κ1) is 18.6. The number of nitrogens with one attached hydrogen (secondary N) is 1. The maximum absolute atomic E-state index is 13.0. The fourth-order valence-electron chi connectivity index (χ4n) is 2.93. The highest BCUT2D eigenvalue weighted by Gasteiger charge is 2.22. The number of hydrogen-bond donors (Lipinski definition) is 1. The summed E-state index contributed by atoms with van der Waals surface area (Å²) >= 11 is 0. The minimum atomic E-state index is -0.717. The molecule has 138 valence electrons. The molecule has 0 aliphatic heterocycles. The van der Waals surface area contributed by atoms with Gasteiger partial charge in [-0.15, -0.1) is 0 Å². The van der Waals surface area contributed by atoms with Gasteiger partial charge in [-0.3, -0.25) is 4.79 Å². The Morgan fingerprint density at radius 3 is 2.22 bits per heavy atom. The van der Waals surface area contributed by atoms with Crippen LogP contribution >= 0.6 is 0 Å². The molecule has 0 unspecified atom stereocenters. The summed E-state index contributed by atoms with van der Waals surface area (Å²) in [6.45, 7) is 3.70. The lowest BCUT2D eigenvalue weighted by molar-refractivity contribution is -0.127. The molecule has 0 aliphatic carbocycles. The van der Waals surface area contributed by atoms with E-state index in [2.05, 4.69) is 5.32 Å². The third kappa shape index (κ3) is 4.73. The molecule has 0 fully saturated rings. The molecule has 4 heteroatoms. The molecule has 0 saturated heterocycles. The zero-order chi connectivity index (χ0) is 19.2. The van der Waals surface area contributed by atoms with Crippen LogP contribution in [0.3, 0.4) is 0 Å². The van der Waals surface area contributed by atoms with E-state index in [1.807, 2.05) is 61.5 Å². The lowest BCUT2D eigenvalue weighted by Gasteiger charge is -2.24. The van der Waals surface area contributed by atoms with Crippen LogP contribution in [0.5, 0.6) is 5.75 Å². The van der Waals surface area contributed by atoms with Gasteiger partial charge in [-0.1, -0.05) is 54.6 Å². The maximum Gasteiger partial charge on any atom is 0.261 e. The Hall–Kier alpha value is -3.14. The van der Waals surface area contributed by atoms with Gasteiger partial charge in [0.05, 0.1) is 6.04 Å². The van der Waals surface area contributed by atoms with Crippen molar-refractivity contribution in [2.45, 2.75) is 26.0 Å². The molecule has 0 heterocycles. The average molecular weight is 363 g/mol. The zero-order valence-corrected chi connectivity index (χ0v) is 15.4. The van der Waals surface area contributed by atoms with Gasteiger partial charge >= 0.3 is 0 Å². The molecular formula is C23H22FNO2. The molecule has 2 atom stereocenters. The van der Waals surface area contributed by atoms with Crippen LogP contribution in [0.1, 0.15) is 29.7 Å². The van der Waals surface area contributed by atoms with Gasteiger partial charge in [-0.25, -0.2) is 4.39 Å². The van der Waals surface area contributed by atoms with Crippen molar-refractivity contribution in [3.05, 3.63) is 101 Å². The first-order valence-corrected chi connectivity index (χ1v) is 8.87.